The molecule has 0 fully saturated rings. The number of carbonyl (C=O) groups is 1. The molecule has 1 aromatic carbocycles. The van der Waals surface area contributed by atoms with Crippen LogP contribution in [0, 0.1) is 6.92 Å². The lowest BCUT2D eigenvalue weighted by Gasteiger charge is -2.14. The van der Waals surface area contributed by atoms with Gasteiger partial charge in [-0.1, -0.05) is 43.2 Å². The number of carboxylic acid groups (broad SMARTS) is 1. The number of sulfonamides is 1. The molecule has 0 amide bonds. The van der Waals surface area contributed by atoms with E-state index in [2.05, 4.69) is 4.72 Å². The number of aliphatic carboxylic acids is 1. The van der Waals surface area contributed by atoms with Gasteiger partial charge in [0.25, 0.3) is 0 Å². The normalized spacial score (nSPS) is 13.2. The summed E-state index contributed by atoms with van der Waals surface area (Å²) in [5.74, 6) is -1.35. The minimum absolute atomic E-state index is 0.208. The van der Waals surface area contributed by atoms with Gasteiger partial charge in [0.1, 0.15) is 6.04 Å². The van der Waals surface area contributed by atoms with E-state index in [0.717, 1.165) is 5.56 Å². The quantitative estimate of drug-likeness (QED) is 0.798. The number of rotatable bonds is 7. The van der Waals surface area contributed by atoms with Crippen molar-refractivity contribution < 1.29 is 18.3 Å². The van der Waals surface area contributed by atoms with Gasteiger partial charge in [-0.05, 0) is 18.9 Å². The highest BCUT2D eigenvalue weighted by molar-refractivity contribution is 7.88. The van der Waals surface area contributed by atoms with Gasteiger partial charge in [-0.3, -0.25) is 4.79 Å². The van der Waals surface area contributed by atoms with E-state index in [1.807, 2.05) is 26.0 Å². The summed E-state index contributed by atoms with van der Waals surface area (Å²) in [6.07, 6.45) is 0.881. The van der Waals surface area contributed by atoms with Crippen LogP contribution in [0.1, 0.15) is 30.9 Å². The highest BCUT2D eigenvalue weighted by Gasteiger charge is 2.23. The molecule has 19 heavy (non-hydrogen) atoms. The van der Waals surface area contributed by atoms with Crippen LogP contribution in [0.25, 0.3) is 0 Å². The summed E-state index contributed by atoms with van der Waals surface area (Å²) in [5.41, 5.74) is 1.68. The Balaban J connectivity index is 2.75. The number of aryl methyl sites for hydroxylation is 1. The minimum Gasteiger partial charge on any atom is -0.480 e. The van der Waals surface area contributed by atoms with E-state index in [4.69, 9.17) is 5.11 Å². The second-order valence-corrected chi connectivity index (χ2v) is 6.30. The summed E-state index contributed by atoms with van der Waals surface area (Å²) in [5, 5.41) is 8.94. The Hall–Kier alpha value is -1.40. The Morgan fingerprint density at radius 1 is 1.32 bits per heavy atom. The van der Waals surface area contributed by atoms with Crippen LogP contribution in [0.2, 0.25) is 0 Å². The molecule has 1 aromatic rings. The zero-order valence-electron chi connectivity index (χ0n) is 11.1. The fourth-order valence-corrected chi connectivity index (χ4v) is 3.05. The average Bonchev–Trinajstić information content (AvgIpc) is 2.31. The smallest absolute Gasteiger partial charge is 0.321 e. The van der Waals surface area contributed by atoms with Crippen LogP contribution in [0.15, 0.2) is 24.3 Å². The molecule has 0 saturated heterocycles. The molecule has 2 N–H and O–H groups in total. The first-order valence-corrected chi connectivity index (χ1v) is 7.77. The molecule has 0 spiro atoms. The third kappa shape index (κ3) is 5.40. The third-order valence-corrected chi connectivity index (χ3v) is 4.03. The van der Waals surface area contributed by atoms with Gasteiger partial charge < -0.3 is 5.11 Å². The Bertz CT molecular complexity index is 522. The topological polar surface area (TPSA) is 83.5 Å². The molecule has 1 unspecified atom stereocenters. The van der Waals surface area contributed by atoms with Crippen LogP contribution in [-0.2, 0) is 20.6 Å². The summed E-state index contributed by atoms with van der Waals surface area (Å²) >= 11 is 0. The van der Waals surface area contributed by atoms with Gasteiger partial charge in [-0.2, -0.15) is 0 Å². The van der Waals surface area contributed by atoms with Gasteiger partial charge in [0.05, 0.1) is 5.75 Å². The number of nitrogens with one attached hydrogen (secondary N) is 1. The van der Waals surface area contributed by atoms with Crippen LogP contribution >= 0.6 is 0 Å². The number of benzene rings is 1. The van der Waals surface area contributed by atoms with Crippen molar-refractivity contribution in [1.29, 1.82) is 0 Å². The van der Waals surface area contributed by atoms with Crippen molar-refractivity contribution in [2.75, 3.05) is 0 Å². The van der Waals surface area contributed by atoms with E-state index in [9.17, 15) is 13.2 Å². The molecule has 1 atom stereocenters. The Morgan fingerprint density at radius 3 is 2.37 bits per heavy atom. The van der Waals surface area contributed by atoms with Crippen LogP contribution in [0.5, 0.6) is 0 Å². The van der Waals surface area contributed by atoms with E-state index in [-0.39, 0.29) is 12.2 Å². The standard InChI is InChI=1S/C13H19NO4S/c1-3-4-12(13(15)16)14-19(17,18)9-11-7-5-10(2)6-8-11/h5-8,12,14H,3-4,9H2,1-2H3,(H,15,16). The molecule has 5 nitrogen and oxygen atoms in total. The van der Waals surface area contributed by atoms with Crippen LogP contribution in [-0.4, -0.2) is 25.5 Å². The molecule has 6 heteroatoms. The molecule has 0 saturated carbocycles. The summed E-state index contributed by atoms with van der Waals surface area (Å²) in [6, 6.07) is 6.05. The summed E-state index contributed by atoms with van der Waals surface area (Å²) < 4.78 is 26.0. The molecule has 0 aromatic heterocycles. The fourth-order valence-electron chi connectivity index (χ4n) is 1.68. The highest BCUT2D eigenvalue weighted by Crippen LogP contribution is 2.08. The SMILES string of the molecule is CCCC(NS(=O)(=O)Cc1ccc(C)cc1)C(=O)O. The molecule has 106 valence electrons. The van der Waals surface area contributed by atoms with E-state index in [0.29, 0.717) is 12.0 Å². The first-order chi connectivity index (χ1) is 8.84. The van der Waals surface area contributed by atoms with Gasteiger partial charge in [0.15, 0.2) is 0 Å². The van der Waals surface area contributed by atoms with Gasteiger partial charge in [-0.15, -0.1) is 0 Å². The van der Waals surface area contributed by atoms with E-state index in [1.165, 1.54) is 0 Å². The molecule has 0 aliphatic carbocycles. The largest absolute Gasteiger partial charge is 0.480 e. The van der Waals surface area contributed by atoms with E-state index < -0.39 is 22.0 Å². The lowest BCUT2D eigenvalue weighted by Crippen LogP contribution is -2.41. The monoisotopic (exact) mass is 285 g/mol. The first kappa shape index (κ1) is 15.7. The number of hydrogen-bond donors (Lipinski definition) is 2. The average molecular weight is 285 g/mol. The summed E-state index contributed by atoms with van der Waals surface area (Å²) in [7, 11) is -3.64. The molecular weight excluding hydrogens is 266 g/mol. The Labute approximate surface area is 113 Å². The van der Waals surface area contributed by atoms with Crippen molar-refractivity contribution in [3.05, 3.63) is 35.4 Å². The second-order valence-electron chi connectivity index (χ2n) is 4.54. The third-order valence-electron chi connectivity index (χ3n) is 2.67. The minimum atomic E-state index is -3.64. The maximum Gasteiger partial charge on any atom is 0.321 e. The second kappa shape index (κ2) is 6.68. The summed E-state index contributed by atoms with van der Waals surface area (Å²) in [4.78, 5) is 10.9. The highest BCUT2D eigenvalue weighted by atomic mass is 32.2. The predicted octanol–water partition coefficient (Wildman–Crippen LogP) is 1.67. The maximum absolute atomic E-state index is 11.9. The molecule has 0 aliphatic rings. The molecule has 0 heterocycles. The van der Waals surface area contributed by atoms with Crippen LogP contribution < -0.4 is 4.72 Å². The van der Waals surface area contributed by atoms with E-state index in [1.54, 1.807) is 12.1 Å². The first-order valence-electron chi connectivity index (χ1n) is 6.12. The van der Waals surface area contributed by atoms with Crippen LogP contribution in [0.3, 0.4) is 0 Å². The number of hydrogen-bond acceptors (Lipinski definition) is 3. The molecule has 1 rings (SSSR count). The van der Waals surface area contributed by atoms with Gasteiger partial charge in [0, 0.05) is 0 Å². The van der Waals surface area contributed by atoms with Crippen molar-refractivity contribution in [1.82, 2.24) is 4.72 Å². The van der Waals surface area contributed by atoms with Gasteiger partial charge >= 0.3 is 5.97 Å². The Kier molecular flexibility index (Phi) is 5.50. The lowest BCUT2D eigenvalue weighted by molar-refractivity contribution is -0.139. The Morgan fingerprint density at radius 2 is 1.89 bits per heavy atom. The fraction of sp³-hybridized carbons (Fsp3) is 0.462. The summed E-state index contributed by atoms with van der Waals surface area (Å²) in [6.45, 7) is 3.72. The zero-order valence-corrected chi connectivity index (χ0v) is 11.9. The van der Waals surface area contributed by atoms with Crippen LogP contribution in [0.4, 0.5) is 0 Å². The van der Waals surface area contributed by atoms with Crippen molar-refractivity contribution in [2.45, 2.75) is 38.5 Å². The molecular formula is C13H19NO4S. The van der Waals surface area contributed by atoms with E-state index >= 15 is 0 Å². The van der Waals surface area contributed by atoms with Crippen molar-refractivity contribution in [3.63, 3.8) is 0 Å². The van der Waals surface area contributed by atoms with Crippen molar-refractivity contribution in [3.8, 4) is 0 Å². The van der Waals surface area contributed by atoms with Gasteiger partial charge in [0.2, 0.25) is 10.0 Å². The molecule has 0 aliphatic heterocycles. The lowest BCUT2D eigenvalue weighted by atomic mass is 10.2. The molecule has 0 bridgehead atoms. The number of carboxylic acids is 1. The van der Waals surface area contributed by atoms with Gasteiger partial charge in [-0.25, -0.2) is 13.1 Å². The van der Waals surface area contributed by atoms with Crippen molar-refractivity contribution >= 4 is 16.0 Å². The van der Waals surface area contributed by atoms with Crippen molar-refractivity contribution in [2.24, 2.45) is 0 Å². The zero-order chi connectivity index (χ0) is 14.5. The predicted molar refractivity (Wildman–Crippen MR) is 73.3 cm³/mol. The maximum atomic E-state index is 11.9. The molecule has 0 radical (unpaired) electrons.